The molecule has 0 spiro atoms. The monoisotopic (exact) mass is 383 g/mol. The number of nitrogens with zero attached hydrogens (tertiary/aromatic N) is 3. The van der Waals surface area contributed by atoms with Crippen LogP contribution in [-0.4, -0.2) is 40.4 Å². The summed E-state index contributed by atoms with van der Waals surface area (Å²) in [6, 6.07) is 6.50. The van der Waals surface area contributed by atoms with Crippen molar-refractivity contribution in [3.63, 3.8) is 0 Å². The second-order valence-corrected chi connectivity index (χ2v) is 6.95. The fourth-order valence-electron chi connectivity index (χ4n) is 4.11. The van der Waals surface area contributed by atoms with Crippen LogP contribution in [0.15, 0.2) is 36.7 Å². The number of rotatable bonds is 3. The molecule has 144 valence electrons. The molecule has 0 radical (unpaired) electrons. The van der Waals surface area contributed by atoms with Crippen LogP contribution in [0.5, 0.6) is 11.5 Å². The van der Waals surface area contributed by atoms with Gasteiger partial charge in [0, 0.05) is 30.1 Å². The maximum Gasteiger partial charge on any atom is 0.339 e. The average molecular weight is 383 g/mol. The number of aromatic carboxylic acids is 1. The molecule has 0 aliphatic carbocycles. The summed E-state index contributed by atoms with van der Waals surface area (Å²) in [5, 5.41) is 13.5. The zero-order valence-electron chi connectivity index (χ0n) is 15.0. The van der Waals surface area contributed by atoms with Crippen LogP contribution in [0.25, 0.3) is 5.52 Å². The Bertz CT molecular complexity index is 1080. The molecule has 28 heavy (non-hydrogen) atoms. The maximum atomic E-state index is 14.2. The molecule has 0 bridgehead atoms. The predicted octanol–water partition coefficient (Wildman–Crippen LogP) is 3.28. The molecule has 1 N–H and O–H groups in total. The van der Waals surface area contributed by atoms with Crippen molar-refractivity contribution in [2.75, 3.05) is 24.7 Å². The van der Waals surface area contributed by atoms with Crippen LogP contribution in [0.4, 0.5) is 10.1 Å². The van der Waals surface area contributed by atoms with Crippen molar-refractivity contribution in [1.29, 1.82) is 0 Å². The molecule has 1 atom stereocenters. The van der Waals surface area contributed by atoms with Crippen LogP contribution in [0, 0.1) is 5.82 Å². The summed E-state index contributed by atoms with van der Waals surface area (Å²) < 4.78 is 27.1. The van der Waals surface area contributed by atoms with Gasteiger partial charge < -0.3 is 19.5 Å². The third-order valence-corrected chi connectivity index (χ3v) is 5.31. The van der Waals surface area contributed by atoms with Gasteiger partial charge in [-0.2, -0.15) is 5.10 Å². The Labute approximate surface area is 159 Å². The van der Waals surface area contributed by atoms with Gasteiger partial charge in [-0.15, -0.1) is 0 Å². The summed E-state index contributed by atoms with van der Waals surface area (Å²) in [5.41, 5.74) is 2.31. The van der Waals surface area contributed by atoms with E-state index in [9.17, 15) is 14.3 Å². The highest BCUT2D eigenvalue weighted by atomic mass is 19.1. The van der Waals surface area contributed by atoms with Crippen molar-refractivity contribution >= 4 is 17.2 Å². The zero-order valence-corrected chi connectivity index (χ0v) is 15.0. The number of ether oxygens (including phenoxy) is 2. The molecule has 2 aliphatic heterocycles. The van der Waals surface area contributed by atoms with Crippen molar-refractivity contribution in [3.8, 4) is 11.5 Å². The molecule has 3 aromatic rings. The molecule has 0 amide bonds. The first kappa shape index (κ1) is 16.9. The van der Waals surface area contributed by atoms with Crippen molar-refractivity contribution in [2.24, 2.45) is 0 Å². The van der Waals surface area contributed by atoms with Gasteiger partial charge in [-0.3, -0.25) is 0 Å². The summed E-state index contributed by atoms with van der Waals surface area (Å²) in [4.78, 5) is 13.6. The lowest BCUT2D eigenvalue weighted by Gasteiger charge is -2.30. The lowest BCUT2D eigenvalue weighted by molar-refractivity contribution is 0.0699. The number of carbonyl (C=O) groups is 1. The van der Waals surface area contributed by atoms with Crippen LogP contribution in [-0.2, 0) is 0 Å². The molecule has 7 nitrogen and oxygen atoms in total. The molecule has 8 heteroatoms. The summed E-state index contributed by atoms with van der Waals surface area (Å²) >= 11 is 0. The van der Waals surface area contributed by atoms with Gasteiger partial charge in [-0.25, -0.2) is 13.7 Å². The van der Waals surface area contributed by atoms with Crippen molar-refractivity contribution in [2.45, 2.75) is 18.9 Å². The number of carboxylic acids is 1. The Balaban J connectivity index is 1.58. The topological polar surface area (TPSA) is 76.3 Å². The fourth-order valence-corrected chi connectivity index (χ4v) is 4.11. The summed E-state index contributed by atoms with van der Waals surface area (Å²) in [7, 11) is 0. The third kappa shape index (κ3) is 2.64. The molecule has 2 aliphatic rings. The third-order valence-electron chi connectivity index (χ3n) is 5.31. The number of pyridine rings is 1. The molecule has 1 fully saturated rings. The second-order valence-electron chi connectivity index (χ2n) is 6.95. The standard InChI is InChI=1S/C20H18FN3O4/c21-12-8-14(19-18(9-12)27-6-7-28-19)16-2-1-4-23(16)13-3-5-24-17(10-13)15(11-22-24)20(25)26/h3,5,8-11,16H,1-2,4,6-7H2,(H,25,26). The van der Waals surface area contributed by atoms with Crippen molar-refractivity contribution in [3.05, 3.63) is 53.6 Å². The molecule has 5 rings (SSSR count). The van der Waals surface area contributed by atoms with E-state index in [1.165, 1.54) is 18.3 Å². The van der Waals surface area contributed by atoms with E-state index in [2.05, 4.69) is 10.00 Å². The zero-order chi connectivity index (χ0) is 19.3. The van der Waals surface area contributed by atoms with Crippen molar-refractivity contribution < 1.29 is 23.8 Å². The van der Waals surface area contributed by atoms with Gasteiger partial charge in [0.15, 0.2) is 11.5 Å². The number of benzene rings is 1. The van der Waals surface area contributed by atoms with Crippen LogP contribution >= 0.6 is 0 Å². The number of halogens is 1. The van der Waals surface area contributed by atoms with Crippen molar-refractivity contribution in [1.82, 2.24) is 9.61 Å². The van der Waals surface area contributed by atoms with Gasteiger partial charge in [0.05, 0.1) is 17.8 Å². The largest absolute Gasteiger partial charge is 0.486 e. The van der Waals surface area contributed by atoms with Crippen LogP contribution in [0.1, 0.15) is 34.8 Å². The normalized spacial score (nSPS) is 18.6. The Morgan fingerprint density at radius 3 is 2.96 bits per heavy atom. The SMILES string of the molecule is O=C(O)c1cnn2ccc(N3CCCC3c3cc(F)cc4c3OCCO4)cc12. The fraction of sp³-hybridized carbons (Fsp3) is 0.300. The highest BCUT2D eigenvalue weighted by molar-refractivity contribution is 5.95. The second kappa shape index (κ2) is 6.40. The van der Waals surface area contributed by atoms with E-state index in [4.69, 9.17) is 9.47 Å². The quantitative estimate of drug-likeness (QED) is 0.748. The lowest BCUT2D eigenvalue weighted by Crippen LogP contribution is -2.25. The maximum absolute atomic E-state index is 14.2. The van der Waals surface area contributed by atoms with Crippen LogP contribution < -0.4 is 14.4 Å². The summed E-state index contributed by atoms with van der Waals surface area (Å²) in [6.45, 7) is 1.62. The van der Waals surface area contributed by atoms with E-state index in [0.29, 0.717) is 30.2 Å². The van der Waals surface area contributed by atoms with E-state index in [1.807, 2.05) is 12.1 Å². The Morgan fingerprint density at radius 1 is 1.25 bits per heavy atom. The minimum absolute atomic E-state index is 0.0789. The minimum Gasteiger partial charge on any atom is -0.486 e. The molecule has 4 heterocycles. The van der Waals surface area contributed by atoms with Gasteiger partial charge >= 0.3 is 5.97 Å². The highest BCUT2D eigenvalue weighted by Crippen LogP contribution is 2.45. The molecule has 1 saturated heterocycles. The van der Waals surface area contributed by atoms with Gasteiger partial charge in [0.25, 0.3) is 0 Å². The Kier molecular flexibility index (Phi) is 3.85. The number of anilines is 1. The molecular weight excluding hydrogens is 365 g/mol. The van der Waals surface area contributed by atoms with E-state index >= 15 is 0 Å². The first-order valence-corrected chi connectivity index (χ1v) is 9.18. The molecule has 2 aromatic heterocycles. The average Bonchev–Trinajstić information content (AvgIpc) is 3.33. The van der Waals surface area contributed by atoms with Gasteiger partial charge in [0.2, 0.25) is 0 Å². The lowest BCUT2D eigenvalue weighted by atomic mass is 10.0. The Hall–Kier alpha value is -3.29. The molecule has 1 aromatic carbocycles. The molecule has 1 unspecified atom stereocenters. The number of aromatic nitrogens is 2. The van der Waals surface area contributed by atoms with E-state index in [0.717, 1.165) is 30.6 Å². The Morgan fingerprint density at radius 2 is 2.11 bits per heavy atom. The van der Waals surface area contributed by atoms with E-state index in [1.54, 1.807) is 10.7 Å². The first-order valence-electron chi connectivity index (χ1n) is 9.18. The van der Waals surface area contributed by atoms with Crippen LogP contribution in [0.2, 0.25) is 0 Å². The highest BCUT2D eigenvalue weighted by Gasteiger charge is 2.32. The summed E-state index contributed by atoms with van der Waals surface area (Å²) in [6.07, 6.45) is 4.87. The first-order chi connectivity index (χ1) is 13.6. The predicted molar refractivity (Wildman–Crippen MR) is 98.9 cm³/mol. The van der Waals surface area contributed by atoms with Gasteiger partial charge in [-0.1, -0.05) is 0 Å². The summed E-state index contributed by atoms with van der Waals surface area (Å²) in [5.74, 6) is -0.339. The number of fused-ring (bicyclic) bond motifs is 2. The number of hydrogen-bond acceptors (Lipinski definition) is 5. The van der Waals surface area contributed by atoms with E-state index in [-0.39, 0.29) is 17.4 Å². The van der Waals surface area contributed by atoms with Gasteiger partial charge in [-0.05, 0) is 31.0 Å². The smallest absolute Gasteiger partial charge is 0.339 e. The molecule has 0 saturated carbocycles. The van der Waals surface area contributed by atoms with Crippen LogP contribution in [0.3, 0.4) is 0 Å². The molecular formula is C20H18FN3O4. The minimum atomic E-state index is -1.02. The number of hydrogen-bond donors (Lipinski definition) is 1. The number of carboxylic acid groups (broad SMARTS) is 1. The van der Waals surface area contributed by atoms with Gasteiger partial charge in [0.1, 0.15) is 24.6 Å². The van der Waals surface area contributed by atoms with E-state index < -0.39 is 5.97 Å².